The average Bonchev–Trinajstić information content (AvgIpc) is 3.30. The van der Waals surface area contributed by atoms with E-state index >= 15 is 0 Å². The number of carbonyl (C=O) groups excluding carboxylic acids is 1. The van der Waals surface area contributed by atoms with Crippen LogP contribution in [0.1, 0.15) is 168 Å². The van der Waals surface area contributed by atoms with E-state index in [2.05, 4.69) is 111 Å². The van der Waals surface area contributed by atoms with E-state index in [0.717, 1.165) is 96.3 Å². The van der Waals surface area contributed by atoms with Crippen LogP contribution >= 0.6 is 7.82 Å². The van der Waals surface area contributed by atoms with E-state index in [1.54, 1.807) is 0 Å². The first kappa shape index (κ1) is 61.3. The van der Waals surface area contributed by atoms with Gasteiger partial charge in [0.2, 0.25) is 0 Å². The second-order valence-electron chi connectivity index (χ2n) is 16.9. The number of allylic oxidation sites excluding steroid dienone is 16. The van der Waals surface area contributed by atoms with Crippen LogP contribution in [0, 0.1) is 0 Å². The Morgan fingerprint density at radius 1 is 0.500 bits per heavy atom. The van der Waals surface area contributed by atoms with Crippen molar-refractivity contribution in [1.82, 2.24) is 0 Å². The van der Waals surface area contributed by atoms with Gasteiger partial charge in [-0.3, -0.25) is 13.8 Å². The molecule has 0 aromatic heterocycles. The molecule has 0 heterocycles. The number of esters is 1. The SMILES string of the molecule is CC/C=C\C/C=C\C/C=C\C/C=C\C/C=C\CCCCCC(=O)OC(COCCCCCCCCC/C=C\C/C=C\C/C=C\CCCCC)COP(=O)(O)OC1C(O)C(O)C(O)C(O)C1O. The van der Waals surface area contributed by atoms with Gasteiger partial charge in [-0.1, -0.05) is 162 Å². The van der Waals surface area contributed by atoms with Crippen LogP contribution in [0.4, 0.5) is 0 Å². The van der Waals surface area contributed by atoms with Gasteiger partial charge >= 0.3 is 13.8 Å². The number of hydrogen-bond acceptors (Lipinski definition) is 11. The van der Waals surface area contributed by atoms with Gasteiger partial charge in [0, 0.05) is 13.0 Å². The Morgan fingerprint density at radius 2 is 0.894 bits per heavy atom. The molecule has 6 atom stereocenters. The summed E-state index contributed by atoms with van der Waals surface area (Å²) in [5, 5.41) is 50.3. The van der Waals surface area contributed by atoms with Gasteiger partial charge < -0.3 is 39.9 Å². The number of phosphoric ester groups is 1. The highest BCUT2D eigenvalue weighted by atomic mass is 31.2. The Balaban J connectivity index is 2.41. The monoisotopic (exact) mass is 949 g/mol. The Bertz CT molecular complexity index is 1450. The van der Waals surface area contributed by atoms with E-state index in [1.165, 1.54) is 44.9 Å². The van der Waals surface area contributed by atoms with Crippen LogP contribution in [0.3, 0.4) is 0 Å². The molecule has 0 radical (unpaired) electrons. The molecule has 1 saturated carbocycles. The predicted octanol–water partition coefficient (Wildman–Crippen LogP) is 11.1. The highest BCUT2D eigenvalue weighted by molar-refractivity contribution is 7.47. The second kappa shape index (κ2) is 42.4. The fraction of sp³-hybridized carbons (Fsp3) is 0.679. The molecule has 13 heteroatoms. The maximum absolute atomic E-state index is 12.8. The number of ether oxygens (including phenoxy) is 2. The van der Waals surface area contributed by atoms with Crippen LogP contribution < -0.4 is 0 Å². The number of carbonyl (C=O) groups is 1. The normalized spacial score (nSPS) is 22.2. The summed E-state index contributed by atoms with van der Waals surface area (Å²) in [5.74, 6) is -0.516. The summed E-state index contributed by atoms with van der Waals surface area (Å²) in [6, 6.07) is 0. The molecule has 378 valence electrons. The third-order valence-electron chi connectivity index (χ3n) is 10.9. The molecule has 1 aliphatic rings. The van der Waals surface area contributed by atoms with Crippen LogP contribution in [-0.4, -0.2) is 98.9 Å². The minimum atomic E-state index is -5.04. The molecule has 0 spiro atoms. The Labute approximate surface area is 398 Å². The second-order valence-corrected chi connectivity index (χ2v) is 18.3. The maximum atomic E-state index is 12.8. The van der Waals surface area contributed by atoms with Crippen molar-refractivity contribution in [3.8, 4) is 0 Å². The van der Waals surface area contributed by atoms with Gasteiger partial charge in [0.1, 0.15) is 42.7 Å². The van der Waals surface area contributed by atoms with Crippen molar-refractivity contribution in [3.63, 3.8) is 0 Å². The van der Waals surface area contributed by atoms with Crippen molar-refractivity contribution in [2.45, 2.75) is 211 Å². The molecule has 0 aliphatic heterocycles. The first-order chi connectivity index (χ1) is 32.0. The Hall–Kier alpha value is -2.74. The fourth-order valence-electron chi connectivity index (χ4n) is 6.98. The molecular weight excluding hydrogens is 860 g/mol. The van der Waals surface area contributed by atoms with Crippen molar-refractivity contribution in [3.05, 3.63) is 97.2 Å². The average molecular weight is 949 g/mol. The lowest BCUT2D eigenvalue weighted by molar-refractivity contribution is -0.220. The van der Waals surface area contributed by atoms with E-state index in [0.29, 0.717) is 13.0 Å². The van der Waals surface area contributed by atoms with Gasteiger partial charge in [-0.15, -0.1) is 0 Å². The zero-order valence-electron chi connectivity index (χ0n) is 40.5. The topological polar surface area (TPSA) is 192 Å². The fourth-order valence-corrected chi connectivity index (χ4v) is 7.95. The van der Waals surface area contributed by atoms with Gasteiger partial charge in [0.25, 0.3) is 0 Å². The van der Waals surface area contributed by atoms with E-state index in [-0.39, 0.29) is 13.0 Å². The van der Waals surface area contributed by atoms with Crippen LogP contribution in [0.5, 0.6) is 0 Å². The smallest absolute Gasteiger partial charge is 0.457 e. The molecular formula is C53H89O12P. The molecule has 6 unspecified atom stereocenters. The van der Waals surface area contributed by atoms with Crippen molar-refractivity contribution < 1.29 is 58.3 Å². The quantitative estimate of drug-likeness (QED) is 0.0147. The summed E-state index contributed by atoms with van der Waals surface area (Å²) >= 11 is 0. The van der Waals surface area contributed by atoms with Crippen LogP contribution in [-0.2, 0) is 27.9 Å². The largest absolute Gasteiger partial charge is 0.472 e. The predicted molar refractivity (Wildman–Crippen MR) is 267 cm³/mol. The van der Waals surface area contributed by atoms with Crippen molar-refractivity contribution in [2.75, 3.05) is 19.8 Å². The maximum Gasteiger partial charge on any atom is 0.472 e. The van der Waals surface area contributed by atoms with Gasteiger partial charge in [0.15, 0.2) is 0 Å². The molecule has 66 heavy (non-hydrogen) atoms. The summed E-state index contributed by atoms with van der Waals surface area (Å²) in [4.78, 5) is 23.2. The van der Waals surface area contributed by atoms with Crippen LogP contribution in [0.2, 0.25) is 0 Å². The third-order valence-corrected chi connectivity index (χ3v) is 11.9. The molecule has 1 aliphatic carbocycles. The molecule has 1 rings (SSSR count). The van der Waals surface area contributed by atoms with E-state index in [9.17, 15) is 39.8 Å². The molecule has 0 aromatic carbocycles. The first-order valence-corrected chi connectivity index (χ1v) is 26.6. The summed E-state index contributed by atoms with van der Waals surface area (Å²) in [6.07, 6.45) is 46.1. The van der Waals surface area contributed by atoms with Crippen molar-refractivity contribution >= 4 is 13.8 Å². The Kier molecular flexibility index (Phi) is 39.3. The van der Waals surface area contributed by atoms with E-state index in [1.807, 2.05) is 0 Å². The highest BCUT2D eigenvalue weighted by Gasteiger charge is 2.51. The lowest BCUT2D eigenvalue weighted by Gasteiger charge is -2.41. The standard InChI is InChI=1S/C53H89O12P/c1-3-5-7-9-11-13-15-17-19-21-23-25-27-29-31-33-35-37-39-41-43-62-44-46(45-63-66(60,61)65-53-51(58)49(56)48(55)50(57)52(53)59)64-47(54)42-40-38-36-34-32-30-28-26-24-22-20-18-16-14-12-10-8-6-4-2/h6,8,11-14,17-20,23-26,30,32,46,48-53,55-59H,3-5,7,9-10,15-16,21-22,27-29,31,33-45H2,1-2H3,(H,60,61)/b8-6-,13-11-,14-12-,19-17-,20-18-,25-23-,26-24-,32-30-. The summed E-state index contributed by atoms with van der Waals surface area (Å²) in [7, 11) is -5.04. The summed E-state index contributed by atoms with van der Waals surface area (Å²) in [6.45, 7) is 4.05. The van der Waals surface area contributed by atoms with Gasteiger partial charge in [-0.05, 0) is 96.3 Å². The molecule has 12 nitrogen and oxygen atoms in total. The molecule has 0 saturated heterocycles. The summed E-state index contributed by atoms with van der Waals surface area (Å²) in [5.41, 5.74) is 0. The van der Waals surface area contributed by atoms with E-state index in [4.69, 9.17) is 18.5 Å². The lowest BCUT2D eigenvalue weighted by atomic mass is 9.85. The van der Waals surface area contributed by atoms with Gasteiger partial charge in [-0.2, -0.15) is 0 Å². The lowest BCUT2D eigenvalue weighted by Crippen LogP contribution is -2.64. The number of aliphatic hydroxyl groups excluding tert-OH is 5. The van der Waals surface area contributed by atoms with Crippen molar-refractivity contribution in [1.29, 1.82) is 0 Å². The number of hydrogen-bond donors (Lipinski definition) is 6. The van der Waals surface area contributed by atoms with Gasteiger partial charge in [0.05, 0.1) is 13.2 Å². The number of rotatable bonds is 41. The number of phosphoric acid groups is 1. The first-order valence-electron chi connectivity index (χ1n) is 25.1. The number of unbranched alkanes of at least 4 members (excludes halogenated alkanes) is 13. The minimum absolute atomic E-state index is 0.104. The molecule has 0 amide bonds. The van der Waals surface area contributed by atoms with Gasteiger partial charge in [-0.25, -0.2) is 4.57 Å². The molecule has 1 fully saturated rings. The number of aliphatic hydroxyl groups is 5. The molecule has 0 bridgehead atoms. The summed E-state index contributed by atoms with van der Waals surface area (Å²) < 4.78 is 34.2. The highest BCUT2D eigenvalue weighted by Crippen LogP contribution is 2.47. The zero-order chi connectivity index (χ0) is 48.4. The zero-order valence-corrected chi connectivity index (χ0v) is 41.3. The van der Waals surface area contributed by atoms with Crippen molar-refractivity contribution in [2.24, 2.45) is 0 Å². The van der Waals surface area contributed by atoms with Crippen LogP contribution in [0.15, 0.2) is 97.2 Å². The Morgan fingerprint density at radius 3 is 1.36 bits per heavy atom. The third kappa shape index (κ3) is 33.7. The van der Waals surface area contributed by atoms with Crippen LogP contribution in [0.25, 0.3) is 0 Å². The minimum Gasteiger partial charge on any atom is -0.457 e. The molecule has 6 N–H and O–H groups in total. The van der Waals surface area contributed by atoms with E-state index < -0.39 is 63.1 Å². The molecule has 0 aromatic rings.